The average molecular weight is 308 g/mol. The van der Waals surface area contributed by atoms with Gasteiger partial charge in [-0.05, 0) is 48.2 Å². The highest BCUT2D eigenvalue weighted by atomic mass is 16.3. The summed E-state index contributed by atoms with van der Waals surface area (Å²) in [6.07, 6.45) is 6.34. The van der Waals surface area contributed by atoms with Gasteiger partial charge in [-0.3, -0.25) is 4.98 Å². The van der Waals surface area contributed by atoms with E-state index in [0.717, 1.165) is 30.6 Å². The number of rotatable bonds is 6. The summed E-state index contributed by atoms with van der Waals surface area (Å²) in [6, 6.07) is 12.4. The van der Waals surface area contributed by atoms with E-state index in [9.17, 15) is 5.11 Å². The number of nitrogens with zero attached hydrogens (tertiary/aromatic N) is 4. The molecule has 1 N–H and O–H groups in total. The molecule has 2 aromatic heterocycles. The molecule has 0 aliphatic rings. The molecule has 0 radical (unpaired) electrons. The Balaban J connectivity index is 1.83. The second-order valence-corrected chi connectivity index (χ2v) is 5.50. The first-order valence-corrected chi connectivity index (χ1v) is 7.84. The van der Waals surface area contributed by atoms with Gasteiger partial charge in [0.1, 0.15) is 5.69 Å². The Morgan fingerprint density at radius 2 is 1.70 bits per heavy atom. The largest absolute Gasteiger partial charge is 0.390 e. The number of aliphatic hydroxyl groups is 1. The van der Waals surface area contributed by atoms with Gasteiger partial charge in [-0.15, -0.1) is 5.10 Å². The summed E-state index contributed by atoms with van der Waals surface area (Å²) >= 11 is 0. The Labute approximate surface area is 135 Å². The van der Waals surface area contributed by atoms with Gasteiger partial charge in [-0.1, -0.05) is 30.7 Å². The third-order valence-electron chi connectivity index (χ3n) is 3.82. The van der Waals surface area contributed by atoms with Crippen molar-refractivity contribution in [3.8, 4) is 5.69 Å². The van der Waals surface area contributed by atoms with Crippen LogP contribution in [0.15, 0.2) is 48.8 Å². The third kappa shape index (κ3) is 3.46. The smallest absolute Gasteiger partial charge is 0.112 e. The van der Waals surface area contributed by atoms with Crippen LogP contribution in [0.2, 0.25) is 0 Å². The Bertz CT molecular complexity index is 750. The zero-order chi connectivity index (χ0) is 16.1. The molecule has 0 saturated carbocycles. The standard InChI is InChI=1S/C18H20N4O/c1-2-3-18-17(13-23)20-21-22(18)16-6-4-14(5-7-16)12-15-8-10-19-11-9-15/h4-11,23H,2-3,12-13H2,1H3. The van der Waals surface area contributed by atoms with Crippen molar-refractivity contribution in [2.75, 3.05) is 0 Å². The Morgan fingerprint density at radius 1 is 1.00 bits per heavy atom. The molecule has 0 spiro atoms. The lowest BCUT2D eigenvalue weighted by Gasteiger charge is -2.08. The molecule has 5 heteroatoms. The van der Waals surface area contributed by atoms with Crippen molar-refractivity contribution < 1.29 is 5.11 Å². The Kier molecular flexibility index (Phi) is 4.78. The minimum atomic E-state index is -0.0739. The summed E-state index contributed by atoms with van der Waals surface area (Å²) in [5, 5.41) is 17.7. The summed E-state index contributed by atoms with van der Waals surface area (Å²) in [5.41, 5.74) is 5.09. The summed E-state index contributed by atoms with van der Waals surface area (Å²) in [6.45, 7) is 2.03. The van der Waals surface area contributed by atoms with Gasteiger partial charge in [0.25, 0.3) is 0 Å². The second kappa shape index (κ2) is 7.15. The molecule has 0 unspecified atom stereocenters. The van der Waals surface area contributed by atoms with Crippen LogP contribution in [-0.2, 0) is 19.4 Å². The molecule has 3 aromatic rings. The number of hydrogen-bond donors (Lipinski definition) is 1. The van der Waals surface area contributed by atoms with Gasteiger partial charge < -0.3 is 5.11 Å². The van der Waals surface area contributed by atoms with Crippen LogP contribution < -0.4 is 0 Å². The lowest BCUT2D eigenvalue weighted by molar-refractivity contribution is 0.275. The molecule has 0 aliphatic heterocycles. The van der Waals surface area contributed by atoms with E-state index < -0.39 is 0 Å². The van der Waals surface area contributed by atoms with Crippen molar-refractivity contribution >= 4 is 0 Å². The van der Waals surface area contributed by atoms with E-state index in [-0.39, 0.29) is 6.61 Å². The monoisotopic (exact) mass is 308 g/mol. The molecule has 0 aliphatic carbocycles. The van der Waals surface area contributed by atoms with Crippen LogP contribution in [0.4, 0.5) is 0 Å². The van der Waals surface area contributed by atoms with E-state index in [4.69, 9.17) is 0 Å². The maximum atomic E-state index is 9.39. The molecular weight excluding hydrogens is 288 g/mol. The highest BCUT2D eigenvalue weighted by Gasteiger charge is 2.12. The first-order chi connectivity index (χ1) is 11.3. The Hall–Kier alpha value is -2.53. The number of pyridine rings is 1. The van der Waals surface area contributed by atoms with Gasteiger partial charge in [0, 0.05) is 12.4 Å². The van der Waals surface area contributed by atoms with Crippen LogP contribution in [0.25, 0.3) is 5.69 Å². The molecular formula is C18H20N4O. The number of hydrogen-bond acceptors (Lipinski definition) is 4. The van der Waals surface area contributed by atoms with E-state index in [0.29, 0.717) is 5.69 Å². The van der Waals surface area contributed by atoms with Gasteiger partial charge in [-0.2, -0.15) is 0 Å². The predicted molar refractivity (Wildman–Crippen MR) is 88.3 cm³/mol. The second-order valence-electron chi connectivity index (χ2n) is 5.50. The molecule has 0 bridgehead atoms. The maximum absolute atomic E-state index is 9.39. The minimum Gasteiger partial charge on any atom is -0.390 e. The van der Waals surface area contributed by atoms with Crippen LogP contribution in [0, 0.1) is 0 Å². The first kappa shape index (κ1) is 15.4. The van der Waals surface area contributed by atoms with Crippen molar-refractivity contribution in [1.82, 2.24) is 20.0 Å². The normalized spacial score (nSPS) is 10.9. The molecule has 0 amide bonds. The van der Waals surface area contributed by atoms with Gasteiger partial charge in [-0.25, -0.2) is 4.68 Å². The van der Waals surface area contributed by atoms with Crippen molar-refractivity contribution in [2.24, 2.45) is 0 Å². The fourth-order valence-corrected chi connectivity index (χ4v) is 2.64. The third-order valence-corrected chi connectivity index (χ3v) is 3.82. The fourth-order valence-electron chi connectivity index (χ4n) is 2.64. The van der Waals surface area contributed by atoms with E-state index in [1.807, 2.05) is 41.3 Å². The van der Waals surface area contributed by atoms with E-state index in [1.54, 1.807) is 0 Å². The van der Waals surface area contributed by atoms with Gasteiger partial charge in [0.15, 0.2) is 0 Å². The number of aliphatic hydroxyl groups excluding tert-OH is 1. The number of aromatic nitrogens is 4. The van der Waals surface area contributed by atoms with Crippen LogP contribution in [0.5, 0.6) is 0 Å². The molecule has 23 heavy (non-hydrogen) atoms. The van der Waals surface area contributed by atoms with Crippen molar-refractivity contribution in [2.45, 2.75) is 32.8 Å². The van der Waals surface area contributed by atoms with Gasteiger partial charge >= 0.3 is 0 Å². The van der Waals surface area contributed by atoms with Crippen LogP contribution >= 0.6 is 0 Å². The van der Waals surface area contributed by atoms with Gasteiger partial charge in [0.2, 0.25) is 0 Å². The molecule has 118 valence electrons. The lowest BCUT2D eigenvalue weighted by Crippen LogP contribution is -2.04. The Morgan fingerprint density at radius 3 is 2.35 bits per heavy atom. The first-order valence-electron chi connectivity index (χ1n) is 7.84. The summed E-state index contributed by atoms with van der Waals surface area (Å²) in [4.78, 5) is 4.04. The molecule has 0 atom stereocenters. The van der Waals surface area contributed by atoms with Crippen molar-refractivity contribution in [3.05, 3.63) is 71.3 Å². The molecule has 3 rings (SSSR count). The van der Waals surface area contributed by atoms with Crippen molar-refractivity contribution in [1.29, 1.82) is 0 Å². The molecule has 2 heterocycles. The van der Waals surface area contributed by atoms with E-state index >= 15 is 0 Å². The fraction of sp³-hybridized carbons (Fsp3) is 0.278. The quantitative estimate of drug-likeness (QED) is 0.760. The molecule has 5 nitrogen and oxygen atoms in total. The van der Waals surface area contributed by atoms with E-state index in [1.165, 1.54) is 11.1 Å². The van der Waals surface area contributed by atoms with Gasteiger partial charge in [0.05, 0.1) is 18.0 Å². The zero-order valence-corrected chi connectivity index (χ0v) is 13.2. The summed E-state index contributed by atoms with van der Waals surface area (Å²) < 4.78 is 1.82. The predicted octanol–water partition coefficient (Wildman–Crippen LogP) is 2.70. The molecule has 0 fully saturated rings. The minimum absolute atomic E-state index is 0.0739. The lowest BCUT2D eigenvalue weighted by atomic mass is 10.1. The maximum Gasteiger partial charge on any atom is 0.112 e. The average Bonchev–Trinajstić information content (AvgIpc) is 3.00. The topological polar surface area (TPSA) is 63.8 Å². The van der Waals surface area contributed by atoms with Crippen LogP contribution in [0.1, 0.15) is 35.9 Å². The SMILES string of the molecule is CCCc1c(CO)nnn1-c1ccc(Cc2ccncc2)cc1. The molecule has 0 saturated heterocycles. The van der Waals surface area contributed by atoms with Crippen LogP contribution in [0.3, 0.4) is 0 Å². The molecule has 1 aromatic carbocycles. The highest BCUT2D eigenvalue weighted by Crippen LogP contribution is 2.17. The summed E-state index contributed by atoms with van der Waals surface area (Å²) in [7, 11) is 0. The highest BCUT2D eigenvalue weighted by molar-refractivity contribution is 5.37. The zero-order valence-electron chi connectivity index (χ0n) is 13.2. The van der Waals surface area contributed by atoms with Crippen molar-refractivity contribution in [3.63, 3.8) is 0 Å². The number of benzene rings is 1. The van der Waals surface area contributed by atoms with Crippen LogP contribution in [-0.4, -0.2) is 25.1 Å². The summed E-state index contributed by atoms with van der Waals surface area (Å²) in [5.74, 6) is 0. The van der Waals surface area contributed by atoms with E-state index in [2.05, 4.69) is 34.4 Å².